The van der Waals surface area contributed by atoms with Gasteiger partial charge in [0.25, 0.3) is 10.0 Å². The van der Waals surface area contributed by atoms with Gasteiger partial charge in [0, 0.05) is 30.7 Å². The van der Waals surface area contributed by atoms with Crippen molar-refractivity contribution >= 4 is 43.2 Å². The molecule has 1 amide bonds. The van der Waals surface area contributed by atoms with Crippen LogP contribution in [-0.2, 0) is 14.8 Å². The number of sulfonamides is 1. The van der Waals surface area contributed by atoms with Crippen molar-refractivity contribution in [3.05, 3.63) is 88.6 Å². The Balaban J connectivity index is 1.54. The molecule has 1 heterocycles. The summed E-state index contributed by atoms with van der Waals surface area (Å²) in [7, 11) is -3.97. The molecule has 0 bridgehead atoms. The molecule has 0 unspecified atom stereocenters. The molecular formula is C25H25BrFN3O3S. The molecule has 1 fully saturated rings. The SMILES string of the molecule is Cc1ccc(S(=O)(=O)N(CC(=O)N2CCN(c3ccccc3F)CC2)c2ccc(Br)cc2)cc1. The minimum Gasteiger partial charge on any atom is -0.366 e. The Kier molecular flexibility index (Phi) is 7.23. The Bertz CT molecular complexity index is 1260. The molecule has 0 saturated carbocycles. The highest BCUT2D eigenvalue weighted by atomic mass is 79.9. The fourth-order valence-electron chi connectivity index (χ4n) is 3.89. The number of aryl methyl sites for hydroxylation is 1. The molecule has 3 aromatic rings. The average Bonchev–Trinajstić information content (AvgIpc) is 2.84. The number of para-hydroxylation sites is 1. The Hall–Kier alpha value is -2.91. The molecule has 3 aromatic carbocycles. The second-order valence-electron chi connectivity index (χ2n) is 8.12. The Labute approximate surface area is 207 Å². The molecule has 1 aliphatic heterocycles. The molecule has 6 nitrogen and oxygen atoms in total. The van der Waals surface area contributed by atoms with Crippen LogP contribution in [0, 0.1) is 12.7 Å². The molecule has 0 N–H and O–H groups in total. The zero-order chi connectivity index (χ0) is 24.3. The van der Waals surface area contributed by atoms with Gasteiger partial charge in [-0.3, -0.25) is 9.10 Å². The second-order valence-corrected chi connectivity index (χ2v) is 10.9. The summed E-state index contributed by atoms with van der Waals surface area (Å²) >= 11 is 3.37. The number of hydrogen-bond donors (Lipinski definition) is 0. The highest BCUT2D eigenvalue weighted by Crippen LogP contribution is 2.26. The average molecular weight is 546 g/mol. The summed E-state index contributed by atoms with van der Waals surface area (Å²) < 4.78 is 43.1. The number of benzene rings is 3. The first-order valence-corrected chi connectivity index (χ1v) is 13.1. The van der Waals surface area contributed by atoms with E-state index in [4.69, 9.17) is 0 Å². The molecule has 9 heteroatoms. The maximum atomic E-state index is 14.1. The summed E-state index contributed by atoms with van der Waals surface area (Å²) in [5, 5.41) is 0. The summed E-state index contributed by atoms with van der Waals surface area (Å²) in [6.45, 7) is 3.26. The molecule has 0 spiro atoms. The first kappa shape index (κ1) is 24.2. The van der Waals surface area contributed by atoms with Gasteiger partial charge in [-0.25, -0.2) is 12.8 Å². The van der Waals surface area contributed by atoms with Crippen molar-refractivity contribution in [3.8, 4) is 0 Å². The van der Waals surface area contributed by atoms with Crippen molar-refractivity contribution in [3.63, 3.8) is 0 Å². The van der Waals surface area contributed by atoms with E-state index in [1.165, 1.54) is 6.07 Å². The summed E-state index contributed by atoms with van der Waals surface area (Å²) in [5.41, 5.74) is 1.85. The molecule has 178 valence electrons. The summed E-state index contributed by atoms with van der Waals surface area (Å²) in [5.74, 6) is -0.598. The van der Waals surface area contributed by atoms with Crippen LogP contribution in [-0.4, -0.2) is 51.9 Å². The second kappa shape index (κ2) is 10.1. The summed E-state index contributed by atoms with van der Waals surface area (Å²) in [6.07, 6.45) is 0. The lowest BCUT2D eigenvalue weighted by Crippen LogP contribution is -2.52. The van der Waals surface area contributed by atoms with Crippen LogP contribution < -0.4 is 9.21 Å². The Morgan fingerprint density at radius 2 is 1.56 bits per heavy atom. The van der Waals surface area contributed by atoms with Gasteiger partial charge in [-0.2, -0.15) is 0 Å². The number of anilines is 2. The van der Waals surface area contributed by atoms with E-state index in [1.807, 2.05) is 11.8 Å². The molecule has 0 radical (unpaired) electrons. The highest BCUT2D eigenvalue weighted by molar-refractivity contribution is 9.10. The normalized spacial score (nSPS) is 14.2. The first-order valence-electron chi connectivity index (χ1n) is 10.9. The number of halogens is 2. The number of nitrogens with zero attached hydrogens (tertiary/aromatic N) is 3. The minimum atomic E-state index is -3.97. The third-order valence-electron chi connectivity index (χ3n) is 5.83. The van der Waals surface area contributed by atoms with Gasteiger partial charge in [0.2, 0.25) is 5.91 Å². The van der Waals surface area contributed by atoms with Crippen molar-refractivity contribution in [2.45, 2.75) is 11.8 Å². The summed E-state index contributed by atoms with van der Waals surface area (Å²) in [4.78, 5) is 16.9. The van der Waals surface area contributed by atoms with Crippen molar-refractivity contribution in [1.29, 1.82) is 0 Å². The molecule has 0 aliphatic carbocycles. The van der Waals surface area contributed by atoms with Gasteiger partial charge in [0.1, 0.15) is 12.4 Å². The fraction of sp³-hybridized carbons (Fsp3) is 0.240. The van der Waals surface area contributed by atoms with Crippen molar-refractivity contribution in [2.75, 3.05) is 41.9 Å². The highest BCUT2D eigenvalue weighted by Gasteiger charge is 2.30. The molecule has 34 heavy (non-hydrogen) atoms. The molecule has 1 saturated heterocycles. The number of amides is 1. The van der Waals surface area contributed by atoms with Crippen LogP contribution in [0.2, 0.25) is 0 Å². The maximum Gasteiger partial charge on any atom is 0.264 e. The Morgan fingerprint density at radius 3 is 2.18 bits per heavy atom. The fourth-order valence-corrected chi connectivity index (χ4v) is 5.57. The van der Waals surface area contributed by atoms with E-state index in [2.05, 4.69) is 15.9 Å². The van der Waals surface area contributed by atoms with E-state index in [-0.39, 0.29) is 23.2 Å². The van der Waals surface area contributed by atoms with Gasteiger partial charge < -0.3 is 9.80 Å². The Morgan fingerprint density at radius 1 is 0.941 bits per heavy atom. The lowest BCUT2D eigenvalue weighted by Gasteiger charge is -2.37. The quantitative estimate of drug-likeness (QED) is 0.459. The van der Waals surface area contributed by atoms with Crippen molar-refractivity contribution < 1.29 is 17.6 Å². The van der Waals surface area contributed by atoms with E-state index in [0.29, 0.717) is 37.6 Å². The zero-order valence-corrected chi connectivity index (χ0v) is 21.1. The van der Waals surface area contributed by atoms with Gasteiger partial charge in [-0.05, 0) is 55.5 Å². The van der Waals surface area contributed by atoms with Gasteiger partial charge >= 0.3 is 0 Å². The van der Waals surface area contributed by atoms with Crippen molar-refractivity contribution in [1.82, 2.24) is 4.90 Å². The predicted molar refractivity (Wildman–Crippen MR) is 135 cm³/mol. The number of carbonyl (C=O) groups is 1. The molecule has 0 atom stereocenters. The van der Waals surface area contributed by atoms with Crippen LogP contribution in [0.15, 0.2) is 82.2 Å². The predicted octanol–water partition coefficient (Wildman–Crippen LogP) is 4.44. The molecule has 0 aromatic heterocycles. The topological polar surface area (TPSA) is 60.9 Å². The number of carbonyl (C=O) groups excluding carboxylic acids is 1. The van der Waals surface area contributed by atoms with E-state index < -0.39 is 10.0 Å². The van der Waals surface area contributed by atoms with Crippen LogP contribution in [0.4, 0.5) is 15.8 Å². The van der Waals surface area contributed by atoms with E-state index >= 15 is 0 Å². The smallest absolute Gasteiger partial charge is 0.264 e. The molecular weight excluding hydrogens is 521 g/mol. The van der Waals surface area contributed by atoms with E-state index in [9.17, 15) is 17.6 Å². The zero-order valence-electron chi connectivity index (χ0n) is 18.7. The van der Waals surface area contributed by atoms with Crippen LogP contribution in [0.3, 0.4) is 0 Å². The van der Waals surface area contributed by atoms with Crippen LogP contribution in [0.5, 0.6) is 0 Å². The maximum absolute atomic E-state index is 14.1. The van der Waals surface area contributed by atoms with E-state index in [1.54, 1.807) is 71.6 Å². The molecule has 1 aliphatic rings. The number of hydrogen-bond acceptors (Lipinski definition) is 4. The standard InChI is InChI=1S/C25H25BrFN3O3S/c1-19-6-12-22(13-7-19)34(32,33)30(21-10-8-20(26)9-11-21)18-25(31)29-16-14-28(15-17-29)24-5-3-2-4-23(24)27/h2-13H,14-18H2,1H3. The monoisotopic (exact) mass is 545 g/mol. The van der Waals surface area contributed by atoms with Crippen LogP contribution in [0.25, 0.3) is 0 Å². The third kappa shape index (κ3) is 5.26. The number of piperazine rings is 1. The van der Waals surface area contributed by atoms with Gasteiger partial charge in [0.15, 0.2) is 0 Å². The van der Waals surface area contributed by atoms with Crippen LogP contribution in [0.1, 0.15) is 5.56 Å². The lowest BCUT2D eigenvalue weighted by atomic mass is 10.2. The molecule has 4 rings (SSSR count). The van der Waals surface area contributed by atoms with Gasteiger partial charge in [0.05, 0.1) is 16.3 Å². The largest absolute Gasteiger partial charge is 0.366 e. The van der Waals surface area contributed by atoms with E-state index in [0.717, 1.165) is 14.3 Å². The third-order valence-corrected chi connectivity index (χ3v) is 8.14. The van der Waals surface area contributed by atoms with Crippen LogP contribution >= 0.6 is 15.9 Å². The van der Waals surface area contributed by atoms with Crippen molar-refractivity contribution in [2.24, 2.45) is 0 Å². The van der Waals surface area contributed by atoms with Gasteiger partial charge in [-0.15, -0.1) is 0 Å². The number of rotatable bonds is 6. The minimum absolute atomic E-state index is 0.123. The lowest BCUT2D eigenvalue weighted by molar-refractivity contribution is -0.129. The van der Waals surface area contributed by atoms with Gasteiger partial charge in [-0.1, -0.05) is 45.8 Å². The first-order chi connectivity index (χ1) is 16.3. The summed E-state index contributed by atoms with van der Waals surface area (Å²) in [6, 6.07) is 19.9.